The molecule has 4 atom stereocenters. The number of amides is 2. The van der Waals surface area contributed by atoms with E-state index in [9.17, 15) is 24.6 Å². The summed E-state index contributed by atoms with van der Waals surface area (Å²) < 4.78 is 17.1. The predicted octanol–water partition coefficient (Wildman–Crippen LogP) is 2.40. The lowest BCUT2D eigenvalue weighted by molar-refractivity contribution is -0.137. The molecule has 1 aliphatic carbocycles. The highest BCUT2D eigenvalue weighted by atomic mass is 16.5. The summed E-state index contributed by atoms with van der Waals surface area (Å²) in [6.07, 6.45) is 2.53. The van der Waals surface area contributed by atoms with Crippen LogP contribution < -0.4 is 19.5 Å². The third-order valence-electron chi connectivity index (χ3n) is 7.61. The zero-order valence-corrected chi connectivity index (χ0v) is 23.7. The van der Waals surface area contributed by atoms with Gasteiger partial charge in [-0.3, -0.25) is 14.4 Å². The molecule has 2 aromatic rings. The third kappa shape index (κ3) is 6.39. The van der Waals surface area contributed by atoms with Gasteiger partial charge in [-0.25, -0.2) is 0 Å². The third-order valence-corrected chi connectivity index (χ3v) is 7.61. The molecule has 1 heterocycles. The molecule has 0 radical (unpaired) electrons. The summed E-state index contributed by atoms with van der Waals surface area (Å²) in [6.45, 7) is 2.07. The first-order valence-corrected chi connectivity index (χ1v) is 13.9. The van der Waals surface area contributed by atoms with Gasteiger partial charge in [-0.2, -0.15) is 0 Å². The summed E-state index contributed by atoms with van der Waals surface area (Å²) in [7, 11) is 3.04. The Morgan fingerprint density at radius 2 is 1.98 bits per heavy atom. The number of aliphatic hydroxyl groups excluding tert-OH is 2. The summed E-state index contributed by atoms with van der Waals surface area (Å²) in [6, 6.07) is 9.89. The predicted molar refractivity (Wildman–Crippen MR) is 151 cm³/mol. The number of nitrogens with one attached hydrogen (secondary N) is 1. The van der Waals surface area contributed by atoms with Crippen LogP contribution in [0.1, 0.15) is 53.6 Å². The van der Waals surface area contributed by atoms with Crippen molar-refractivity contribution >= 4 is 18.1 Å². The number of aldehydes is 1. The first-order valence-electron chi connectivity index (χ1n) is 13.9. The Labute approximate surface area is 239 Å². The van der Waals surface area contributed by atoms with E-state index in [-0.39, 0.29) is 24.6 Å². The maximum atomic E-state index is 13.6. The maximum absolute atomic E-state index is 13.6. The highest BCUT2D eigenvalue weighted by Crippen LogP contribution is 2.51. The van der Waals surface area contributed by atoms with E-state index in [1.165, 1.54) is 13.2 Å². The van der Waals surface area contributed by atoms with E-state index in [2.05, 4.69) is 5.32 Å². The number of hydrogen-bond donors (Lipinski definition) is 3. The van der Waals surface area contributed by atoms with Crippen molar-refractivity contribution in [2.24, 2.45) is 0 Å². The molecule has 220 valence electrons. The van der Waals surface area contributed by atoms with Crippen LogP contribution in [0.3, 0.4) is 0 Å². The molecule has 41 heavy (non-hydrogen) atoms. The van der Waals surface area contributed by atoms with E-state index >= 15 is 0 Å². The number of benzene rings is 2. The largest absolute Gasteiger partial charge is 0.497 e. The molecule has 10 heteroatoms. The number of nitrogens with zero attached hydrogens (tertiary/aromatic N) is 1. The first-order chi connectivity index (χ1) is 19.9. The van der Waals surface area contributed by atoms with E-state index in [1.54, 1.807) is 24.2 Å². The van der Waals surface area contributed by atoms with Gasteiger partial charge in [0.05, 0.1) is 32.8 Å². The monoisotopic (exact) mass is 566 g/mol. The lowest BCUT2D eigenvalue weighted by Gasteiger charge is -2.41. The second kappa shape index (κ2) is 13.6. The molecule has 0 unspecified atom stereocenters. The number of carbonyl (C=O) groups is 3. The van der Waals surface area contributed by atoms with Crippen molar-refractivity contribution in [3.8, 4) is 17.2 Å². The smallest absolute Gasteiger partial charge is 0.247 e. The average molecular weight is 567 g/mol. The molecule has 1 aliphatic heterocycles. The van der Waals surface area contributed by atoms with Crippen LogP contribution in [-0.4, -0.2) is 85.4 Å². The molecule has 0 saturated heterocycles. The minimum Gasteiger partial charge on any atom is -0.497 e. The normalized spacial score (nSPS) is 20.7. The fraction of sp³-hybridized carbons (Fsp3) is 0.452. The van der Waals surface area contributed by atoms with Crippen molar-refractivity contribution < 1.29 is 38.8 Å². The number of hydrogen-bond acceptors (Lipinski definition) is 8. The molecule has 4 rings (SSSR count). The average Bonchev–Trinajstić information content (AvgIpc) is 3.39. The quantitative estimate of drug-likeness (QED) is 0.315. The summed E-state index contributed by atoms with van der Waals surface area (Å²) >= 11 is 0. The zero-order chi connectivity index (χ0) is 29.5. The summed E-state index contributed by atoms with van der Waals surface area (Å²) in [5.74, 6) is 0.0531. The van der Waals surface area contributed by atoms with Crippen LogP contribution in [0.25, 0.3) is 0 Å². The van der Waals surface area contributed by atoms with Crippen LogP contribution >= 0.6 is 0 Å². The number of fused-ring (bicyclic) bond motifs is 3. The van der Waals surface area contributed by atoms with Crippen LogP contribution in [0.2, 0.25) is 0 Å². The van der Waals surface area contributed by atoms with E-state index in [0.29, 0.717) is 60.5 Å². The van der Waals surface area contributed by atoms with Gasteiger partial charge in [-0.1, -0.05) is 25.5 Å². The number of aliphatic hydroxyl groups is 2. The van der Waals surface area contributed by atoms with Gasteiger partial charge in [-0.05, 0) is 48.7 Å². The number of carbonyl (C=O) groups excluding carboxylic acids is 3. The molecular formula is C31H38N2O8. The van der Waals surface area contributed by atoms with Crippen molar-refractivity contribution in [3.05, 3.63) is 64.7 Å². The minimum absolute atomic E-state index is 0.0289. The standard InChI is InChI=1S/C31H38N2O8/c1-4-5-9-26(36)33(12-10-19-7-6-8-21(14-19)39-2)24-17-23(31(38)32-11-13-34)27-22-15-20(18-35)16-25(40-3)29(22)41-30(27)28(24)37/h6-8,14-18,24,27-28,30,34,37H,4-5,9-13H2,1-3H3,(H,32,38)/t24-,27+,28+,30+/m1/s1. The summed E-state index contributed by atoms with van der Waals surface area (Å²) in [5, 5.41) is 23.8. The van der Waals surface area contributed by atoms with Crippen molar-refractivity contribution in [3.63, 3.8) is 0 Å². The van der Waals surface area contributed by atoms with E-state index < -0.39 is 30.1 Å². The maximum Gasteiger partial charge on any atom is 0.247 e. The zero-order valence-electron chi connectivity index (χ0n) is 23.7. The molecule has 0 aromatic heterocycles. The Bertz CT molecular complexity index is 1290. The van der Waals surface area contributed by atoms with Gasteiger partial charge in [0, 0.05) is 36.2 Å². The summed E-state index contributed by atoms with van der Waals surface area (Å²) in [5.41, 5.74) is 2.13. The lowest BCUT2D eigenvalue weighted by Crippen LogP contribution is -2.56. The SMILES string of the molecule is CCCCC(=O)N(CCc1cccc(OC)c1)[C@@H]1C=C(C(=O)NCCO)[C@@H]2c3cc(C=O)cc(OC)c3O[C@@H]2[C@H]1O. The molecule has 0 spiro atoms. The fourth-order valence-electron chi connectivity index (χ4n) is 5.55. The lowest BCUT2D eigenvalue weighted by atomic mass is 9.77. The molecule has 2 aromatic carbocycles. The second-order valence-corrected chi connectivity index (χ2v) is 10.2. The Morgan fingerprint density at radius 3 is 2.66 bits per heavy atom. The summed E-state index contributed by atoms with van der Waals surface area (Å²) in [4.78, 5) is 40.3. The number of unbranched alkanes of at least 4 members (excludes halogenated alkanes) is 1. The van der Waals surface area contributed by atoms with Gasteiger partial charge in [0.15, 0.2) is 11.5 Å². The topological polar surface area (TPSA) is 135 Å². The molecule has 10 nitrogen and oxygen atoms in total. The van der Waals surface area contributed by atoms with Gasteiger partial charge < -0.3 is 34.6 Å². The van der Waals surface area contributed by atoms with E-state index in [4.69, 9.17) is 14.2 Å². The molecule has 2 amide bonds. The fourth-order valence-corrected chi connectivity index (χ4v) is 5.55. The highest BCUT2D eigenvalue weighted by molar-refractivity contribution is 5.96. The van der Waals surface area contributed by atoms with Gasteiger partial charge in [0.1, 0.15) is 24.2 Å². The number of rotatable bonds is 13. The first kappa shape index (κ1) is 30.1. The molecule has 0 saturated carbocycles. The molecule has 2 aliphatic rings. The van der Waals surface area contributed by atoms with E-state index in [0.717, 1.165) is 12.0 Å². The van der Waals surface area contributed by atoms with Gasteiger partial charge in [-0.15, -0.1) is 0 Å². The van der Waals surface area contributed by atoms with Crippen LogP contribution in [0.5, 0.6) is 17.2 Å². The molecular weight excluding hydrogens is 528 g/mol. The van der Waals surface area contributed by atoms with Crippen molar-refractivity contribution in [2.75, 3.05) is 33.9 Å². The Balaban J connectivity index is 1.75. The van der Waals surface area contributed by atoms with Gasteiger partial charge >= 0.3 is 0 Å². The van der Waals surface area contributed by atoms with E-state index in [1.807, 2.05) is 31.2 Å². The van der Waals surface area contributed by atoms with Crippen LogP contribution in [-0.2, 0) is 16.0 Å². The van der Waals surface area contributed by atoms with Crippen LogP contribution in [0, 0.1) is 0 Å². The minimum atomic E-state index is -1.18. The molecule has 0 bridgehead atoms. The van der Waals surface area contributed by atoms with Crippen LogP contribution in [0.15, 0.2) is 48.0 Å². The number of ether oxygens (including phenoxy) is 3. The van der Waals surface area contributed by atoms with Crippen molar-refractivity contribution in [1.29, 1.82) is 0 Å². The Kier molecular flexibility index (Phi) is 10.0. The second-order valence-electron chi connectivity index (χ2n) is 10.2. The number of methoxy groups -OCH3 is 2. The van der Waals surface area contributed by atoms with Crippen LogP contribution in [0.4, 0.5) is 0 Å². The Hall–Kier alpha value is -3.89. The molecule has 0 fully saturated rings. The van der Waals surface area contributed by atoms with Crippen molar-refractivity contribution in [2.45, 2.75) is 56.8 Å². The molecule has 3 N–H and O–H groups in total. The Morgan fingerprint density at radius 1 is 1.17 bits per heavy atom. The highest BCUT2D eigenvalue weighted by Gasteiger charge is 2.51. The van der Waals surface area contributed by atoms with Crippen molar-refractivity contribution in [1.82, 2.24) is 10.2 Å². The van der Waals surface area contributed by atoms with Gasteiger partial charge in [0.2, 0.25) is 11.8 Å². The van der Waals surface area contributed by atoms with Gasteiger partial charge in [0.25, 0.3) is 0 Å².